The molecule has 0 aliphatic rings. The number of halogens is 1. The van der Waals surface area contributed by atoms with Gasteiger partial charge in [0.1, 0.15) is 17.8 Å². The number of carbonyl (C=O) groups is 1. The average molecular weight is 374 g/mol. The zero-order valence-corrected chi connectivity index (χ0v) is 14.3. The Kier molecular flexibility index (Phi) is 4.68. The van der Waals surface area contributed by atoms with Crippen molar-refractivity contribution >= 4 is 28.9 Å². The predicted octanol–water partition coefficient (Wildman–Crippen LogP) is 2.92. The summed E-state index contributed by atoms with van der Waals surface area (Å²) in [5.74, 6) is -0.903. The number of esters is 1. The van der Waals surface area contributed by atoms with Gasteiger partial charge in [-0.15, -0.1) is 0 Å². The average Bonchev–Trinajstić information content (AvgIpc) is 2.60. The normalized spacial score (nSPS) is 10.7. The van der Waals surface area contributed by atoms with E-state index in [0.717, 1.165) is 11.6 Å². The Bertz CT molecular complexity index is 1090. The zero-order chi connectivity index (χ0) is 18.8. The largest absolute Gasteiger partial charge is 0.455 e. The van der Waals surface area contributed by atoms with Crippen LogP contribution in [0.3, 0.4) is 0 Å². The molecule has 0 atom stereocenters. The Morgan fingerprint density at radius 3 is 2.81 bits per heavy atom. The molecule has 0 bridgehead atoms. The maximum absolute atomic E-state index is 12.2. The van der Waals surface area contributed by atoms with Crippen molar-refractivity contribution in [2.75, 3.05) is 0 Å². The molecule has 9 heteroatoms. The van der Waals surface area contributed by atoms with Crippen LogP contribution in [0, 0.1) is 17.0 Å². The molecule has 3 aromatic rings. The lowest BCUT2D eigenvalue weighted by Crippen LogP contribution is -2.17. The molecule has 0 radical (unpaired) electrons. The highest BCUT2D eigenvalue weighted by Gasteiger charge is 2.22. The molecule has 1 aromatic carbocycles. The van der Waals surface area contributed by atoms with Crippen LogP contribution in [0.4, 0.5) is 5.69 Å². The van der Waals surface area contributed by atoms with E-state index in [1.807, 2.05) is 6.92 Å². The number of pyridine rings is 1. The Balaban J connectivity index is 1.84. The Morgan fingerprint density at radius 2 is 2.08 bits per heavy atom. The molecule has 0 fully saturated rings. The second kappa shape index (κ2) is 6.93. The van der Waals surface area contributed by atoms with E-state index in [9.17, 15) is 19.7 Å². The fourth-order valence-corrected chi connectivity index (χ4v) is 2.54. The van der Waals surface area contributed by atoms with Crippen molar-refractivity contribution in [2.24, 2.45) is 0 Å². The first-order valence-electron chi connectivity index (χ1n) is 7.45. The number of aromatic nitrogens is 2. The summed E-state index contributed by atoms with van der Waals surface area (Å²) < 4.78 is 6.46. The zero-order valence-electron chi connectivity index (χ0n) is 13.5. The van der Waals surface area contributed by atoms with Crippen LogP contribution in [-0.4, -0.2) is 20.3 Å². The van der Waals surface area contributed by atoms with Gasteiger partial charge in [-0.2, -0.15) is 0 Å². The Hall–Kier alpha value is -3.26. The highest BCUT2D eigenvalue weighted by molar-refractivity contribution is 6.31. The molecule has 0 unspecified atom stereocenters. The van der Waals surface area contributed by atoms with Crippen molar-refractivity contribution in [3.63, 3.8) is 0 Å². The molecule has 0 saturated carbocycles. The van der Waals surface area contributed by atoms with E-state index in [4.69, 9.17) is 16.3 Å². The summed E-state index contributed by atoms with van der Waals surface area (Å²) >= 11 is 5.72. The number of nitro groups is 1. The first kappa shape index (κ1) is 17.6. The molecule has 3 rings (SSSR count). The third kappa shape index (κ3) is 3.55. The molecule has 132 valence electrons. The van der Waals surface area contributed by atoms with Crippen molar-refractivity contribution in [2.45, 2.75) is 13.5 Å². The molecular weight excluding hydrogens is 362 g/mol. The van der Waals surface area contributed by atoms with Gasteiger partial charge in [-0.1, -0.05) is 17.7 Å². The number of hydrogen-bond acceptors (Lipinski definition) is 6. The van der Waals surface area contributed by atoms with Gasteiger partial charge in [0.25, 0.3) is 11.2 Å². The summed E-state index contributed by atoms with van der Waals surface area (Å²) in [4.78, 5) is 38.9. The topological polar surface area (TPSA) is 104 Å². The smallest absolute Gasteiger partial charge is 0.345 e. The van der Waals surface area contributed by atoms with E-state index >= 15 is 0 Å². The van der Waals surface area contributed by atoms with E-state index in [2.05, 4.69) is 4.98 Å². The first-order valence-corrected chi connectivity index (χ1v) is 7.83. The Labute approximate surface area is 151 Å². The molecule has 0 saturated heterocycles. The van der Waals surface area contributed by atoms with E-state index < -0.39 is 16.6 Å². The second-order valence-corrected chi connectivity index (χ2v) is 5.95. The third-order valence-corrected chi connectivity index (χ3v) is 3.82. The predicted molar refractivity (Wildman–Crippen MR) is 93.4 cm³/mol. The van der Waals surface area contributed by atoms with Crippen molar-refractivity contribution < 1.29 is 14.5 Å². The summed E-state index contributed by atoms with van der Waals surface area (Å²) in [6.45, 7) is 1.55. The molecule has 0 N–H and O–H groups in total. The van der Waals surface area contributed by atoms with E-state index in [1.54, 1.807) is 18.3 Å². The quantitative estimate of drug-likeness (QED) is 0.395. The maximum Gasteiger partial charge on any atom is 0.345 e. The first-order chi connectivity index (χ1) is 12.3. The molecular formula is C17H12ClN3O5. The molecule has 2 aromatic heterocycles. The number of carbonyl (C=O) groups excluding carboxylic acids is 1. The van der Waals surface area contributed by atoms with Gasteiger partial charge >= 0.3 is 5.97 Å². The fraction of sp³-hybridized carbons (Fsp3) is 0.118. The van der Waals surface area contributed by atoms with E-state index in [-0.39, 0.29) is 28.4 Å². The van der Waals surface area contributed by atoms with Crippen LogP contribution in [0.15, 0.2) is 47.4 Å². The minimum atomic E-state index is -0.903. The van der Waals surface area contributed by atoms with Gasteiger partial charge in [-0.05, 0) is 30.7 Å². The minimum Gasteiger partial charge on any atom is -0.455 e. The summed E-state index contributed by atoms with van der Waals surface area (Å²) in [6.07, 6.45) is 1.65. The van der Waals surface area contributed by atoms with Gasteiger partial charge in [-0.25, -0.2) is 9.78 Å². The van der Waals surface area contributed by atoms with Gasteiger partial charge in [0.2, 0.25) is 0 Å². The van der Waals surface area contributed by atoms with Crippen LogP contribution < -0.4 is 5.56 Å². The molecule has 0 amide bonds. The number of nitro benzene ring substituents is 1. The second-order valence-electron chi connectivity index (χ2n) is 5.52. The SMILES string of the molecule is Cc1ccc2nc(COC(=O)c3ccc(Cl)cc3[N+](=O)[O-])cc(=O)n2c1. The fourth-order valence-electron chi connectivity index (χ4n) is 2.38. The number of nitrogens with zero attached hydrogens (tertiary/aromatic N) is 3. The Morgan fingerprint density at radius 1 is 1.31 bits per heavy atom. The van der Waals surface area contributed by atoms with Gasteiger partial charge in [0.15, 0.2) is 0 Å². The highest BCUT2D eigenvalue weighted by atomic mass is 35.5. The summed E-state index contributed by atoms with van der Waals surface area (Å²) in [6, 6.07) is 8.36. The van der Waals surface area contributed by atoms with E-state index in [1.165, 1.54) is 22.6 Å². The summed E-state index contributed by atoms with van der Waals surface area (Å²) in [5.41, 5.74) is 0.547. The molecule has 8 nitrogen and oxygen atoms in total. The van der Waals surface area contributed by atoms with Crippen LogP contribution in [0.2, 0.25) is 5.02 Å². The van der Waals surface area contributed by atoms with Crippen LogP contribution in [0.5, 0.6) is 0 Å². The highest BCUT2D eigenvalue weighted by Crippen LogP contribution is 2.24. The van der Waals surface area contributed by atoms with Crippen molar-refractivity contribution in [3.05, 3.63) is 84.9 Å². The monoisotopic (exact) mass is 373 g/mol. The third-order valence-electron chi connectivity index (χ3n) is 3.59. The molecule has 0 aliphatic heterocycles. The van der Waals surface area contributed by atoms with Crippen molar-refractivity contribution in [1.29, 1.82) is 0 Å². The van der Waals surface area contributed by atoms with Crippen LogP contribution in [-0.2, 0) is 11.3 Å². The van der Waals surface area contributed by atoms with Gasteiger partial charge in [0.05, 0.1) is 10.6 Å². The molecule has 2 heterocycles. The number of rotatable bonds is 4. The van der Waals surface area contributed by atoms with Gasteiger partial charge < -0.3 is 4.74 Å². The number of ether oxygens (including phenoxy) is 1. The summed E-state index contributed by atoms with van der Waals surface area (Å²) in [7, 11) is 0. The molecule has 0 spiro atoms. The maximum atomic E-state index is 12.2. The van der Waals surface area contributed by atoms with E-state index in [0.29, 0.717) is 5.65 Å². The molecule has 26 heavy (non-hydrogen) atoms. The summed E-state index contributed by atoms with van der Waals surface area (Å²) in [5, 5.41) is 11.2. The van der Waals surface area contributed by atoms with Crippen molar-refractivity contribution in [1.82, 2.24) is 9.38 Å². The number of aryl methyl sites for hydroxylation is 1. The lowest BCUT2D eigenvalue weighted by molar-refractivity contribution is -0.385. The lowest BCUT2D eigenvalue weighted by atomic mass is 10.2. The van der Waals surface area contributed by atoms with Crippen LogP contribution in [0.25, 0.3) is 5.65 Å². The van der Waals surface area contributed by atoms with Gasteiger partial charge in [-0.3, -0.25) is 19.3 Å². The van der Waals surface area contributed by atoms with Crippen LogP contribution >= 0.6 is 11.6 Å². The van der Waals surface area contributed by atoms with Gasteiger partial charge in [0, 0.05) is 23.4 Å². The van der Waals surface area contributed by atoms with Crippen molar-refractivity contribution in [3.8, 4) is 0 Å². The number of benzene rings is 1. The van der Waals surface area contributed by atoms with Crippen LogP contribution in [0.1, 0.15) is 21.6 Å². The molecule has 0 aliphatic carbocycles. The number of hydrogen-bond donors (Lipinski definition) is 0. The minimum absolute atomic E-state index is 0.132. The lowest BCUT2D eigenvalue weighted by Gasteiger charge is -2.07. The standard InChI is InChI=1S/C17H12ClN3O5/c1-10-2-5-15-19-12(7-16(22)20(15)8-10)9-26-17(23)13-4-3-11(18)6-14(13)21(24)25/h2-8H,9H2,1H3. The number of fused-ring (bicyclic) bond motifs is 1.